The van der Waals surface area contributed by atoms with E-state index in [4.69, 9.17) is 4.74 Å². The number of carbonyl (C=O) groups excluding carboxylic acids is 2. The molecule has 0 radical (unpaired) electrons. The van der Waals surface area contributed by atoms with Crippen LogP contribution >= 0.6 is 0 Å². The minimum atomic E-state index is -0.0623. The molecule has 0 atom stereocenters. The number of carbonyl (C=O) groups is 2. The molecule has 1 aromatic rings. The fourth-order valence-electron chi connectivity index (χ4n) is 2.59. The van der Waals surface area contributed by atoms with Crippen LogP contribution in [0.4, 0.5) is 4.79 Å². The lowest BCUT2D eigenvalue weighted by Crippen LogP contribution is -2.53. The van der Waals surface area contributed by atoms with Gasteiger partial charge in [-0.05, 0) is 25.0 Å². The summed E-state index contributed by atoms with van der Waals surface area (Å²) in [5, 5.41) is 2.78. The standard InChI is InChI=1S/C17H25N3O3/c1-3-14-7-5-6-8-15(14)23-13-16(21)19-9-11-20(12-10-19)17(22)18-4-2/h5-8H,3-4,9-13H2,1-2H3,(H,18,22). The van der Waals surface area contributed by atoms with Crippen LogP contribution in [-0.4, -0.2) is 61.1 Å². The summed E-state index contributed by atoms with van der Waals surface area (Å²) in [7, 11) is 0. The fraction of sp³-hybridized carbons (Fsp3) is 0.529. The topological polar surface area (TPSA) is 61.9 Å². The van der Waals surface area contributed by atoms with Gasteiger partial charge in [-0.1, -0.05) is 25.1 Å². The molecule has 6 heteroatoms. The Morgan fingerprint density at radius 3 is 2.39 bits per heavy atom. The van der Waals surface area contributed by atoms with Gasteiger partial charge in [0.25, 0.3) is 5.91 Å². The highest BCUT2D eigenvalue weighted by molar-refractivity contribution is 5.79. The number of nitrogens with zero attached hydrogens (tertiary/aromatic N) is 2. The quantitative estimate of drug-likeness (QED) is 0.895. The van der Waals surface area contributed by atoms with Gasteiger partial charge in [-0.15, -0.1) is 0 Å². The molecule has 0 aliphatic carbocycles. The molecular formula is C17H25N3O3. The highest BCUT2D eigenvalue weighted by Crippen LogP contribution is 2.18. The van der Waals surface area contributed by atoms with Gasteiger partial charge in [0.15, 0.2) is 6.61 Å². The van der Waals surface area contributed by atoms with Crippen LogP contribution < -0.4 is 10.1 Å². The minimum absolute atomic E-state index is 0.0357. The summed E-state index contributed by atoms with van der Waals surface area (Å²) in [4.78, 5) is 27.5. The van der Waals surface area contributed by atoms with Crippen molar-refractivity contribution in [2.45, 2.75) is 20.3 Å². The monoisotopic (exact) mass is 319 g/mol. The zero-order chi connectivity index (χ0) is 16.7. The Labute approximate surface area is 137 Å². The lowest BCUT2D eigenvalue weighted by Gasteiger charge is -2.34. The minimum Gasteiger partial charge on any atom is -0.483 e. The Balaban J connectivity index is 1.80. The van der Waals surface area contributed by atoms with Gasteiger partial charge in [0, 0.05) is 32.7 Å². The Kier molecular flexibility index (Phi) is 6.26. The van der Waals surface area contributed by atoms with E-state index in [-0.39, 0.29) is 18.5 Å². The maximum Gasteiger partial charge on any atom is 0.317 e. The SMILES string of the molecule is CCNC(=O)N1CCN(C(=O)COc2ccccc2CC)CC1. The van der Waals surface area contributed by atoms with Crippen LogP contribution in [-0.2, 0) is 11.2 Å². The zero-order valence-electron chi connectivity index (χ0n) is 13.9. The molecular weight excluding hydrogens is 294 g/mol. The maximum absolute atomic E-state index is 12.3. The fourth-order valence-corrected chi connectivity index (χ4v) is 2.59. The van der Waals surface area contributed by atoms with Crippen molar-refractivity contribution >= 4 is 11.9 Å². The van der Waals surface area contributed by atoms with E-state index in [1.54, 1.807) is 9.80 Å². The number of hydrogen-bond donors (Lipinski definition) is 1. The molecule has 1 saturated heterocycles. The van der Waals surface area contributed by atoms with Gasteiger partial charge >= 0.3 is 6.03 Å². The molecule has 1 aromatic carbocycles. The average molecular weight is 319 g/mol. The second-order valence-electron chi connectivity index (χ2n) is 5.45. The van der Waals surface area contributed by atoms with Crippen molar-refractivity contribution in [1.82, 2.24) is 15.1 Å². The number of urea groups is 1. The van der Waals surface area contributed by atoms with Crippen molar-refractivity contribution in [2.75, 3.05) is 39.3 Å². The highest BCUT2D eigenvalue weighted by Gasteiger charge is 2.24. The van der Waals surface area contributed by atoms with E-state index < -0.39 is 0 Å². The Morgan fingerprint density at radius 1 is 1.09 bits per heavy atom. The molecule has 0 spiro atoms. The normalized spacial score (nSPS) is 14.5. The molecule has 1 fully saturated rings. The molecule has 1 N–H and O–H groups in total. The van der Waals surface area contributed by atoms with Gasteiger partial charge in [-0.2, -0.15) is 0 Å². The van der Waals surface area contributed by atoms with Gasteiger partial charge in [0.1, 0.15) is 5.75 Å². The Morgan fingerprint density at radius 2 is 1.74 bits per heavy atom. The predicted octanol–water partition coefficient (Wildman–Crippen LogP) is 1.50. The number of amides is 3. The second kappa shape index (κ2) is 8.41. The summed E-state index contributed by atoms with van der Waals surface area (Å²) < 4.78 is 5.67. The van der Waals surface area contributed by atoms with E-state index in [1.807, 2.05) is 31.2 Å². The summed E-state index contributed by atoms with van der Waals surface area (Å²) in [5.41, 5.74) is 1.10. The smallest absolute Gasteiger partial charge is 0.317 e. The molecule has 0 bridgehead atoms. The zero-order valence-corrected chi connectivity index (χ0v) is 13.9. The van der Waals surface area contributed by atoms with Crippen LogP contribution in [0.5, 0.6) is 5.75 Å². The number of nitrogens with one attached hydrogen (secondary N) is 1. The number of rotatable bonds is 5. The third-order valence-electron chi connectivity index (χ3n) is 3.95. The summed E-state index contributed by atoms with van der Waals surface area (Å²) in [6, 6.07) is 7.70. The van der Waals surface area contributed by atoms with Gasteiger partial charge in [0.05, 0.1) is 0 Å². The van der Waals surface area contributed by atoms with Crippen molar-refractivity contribution in [3.8, 4) is 5.75 Å². The molecule has 0 aromatic heterocycles. The maximum atomic E-state index is 12.3. The Bertz CT molecular complexity index is 540. The van der Waals surface area contributed by atoms with Crippen molar-refractivity contribution in [2.24, 2.45) is 0 Å². The van der Waals surface area contributed by atoms with E-state index in [0.717, 1.165) is 17.7 Å². The number of hydrogen-bond acceptors (Lipinski definition) is 3. The van der Waals surface area contributed by atoms with E-state index in [0.29, 0.717) is 32.7 Å². The number of ether oxygens (including phenoxy) is 1. The molecule has 3 amide bonds. The van der Waals surface area contributed by atoms with E-state index in [2.05, 4.69) is 12.2 Å². The first-order chi connectivity index (χ1) is 11.2. The van der Waals surface area contributed by atoms with Gasteiger partial charge < -0.3 is 19.9 Å². The third-order valence-corrected chi connectivity index (χ3v) is 3.95. The van der Waals surface area contributed by atoms with Gasteiger partial charge in [-0.3, -0.25) is 4.79 Å². The van der Waals surface area contributed by atoms with Crippen LogP contribution in [0.3, 0.4) is 0 Å². The highest BCUT2D eigenvalue weighted by atomic mass is 16.5. The summed E-state index contributed by atoms with van der Waals surface area (Å²) in [6.07, 6.45) is 0.871. The van der Waals surface area contributed by atoms with Crippen molar-refractivity contribution in [3.63, 3.8) is 0 Å². The molecule has 23 heavy (non-hydrogen) atoms. The molecule has 0 saturated carbocycles. The van der Waals surface area contributed by atoms with Crippen LogP contribution in [0, 0.1) is 0 Å². The molecule has 2 rings (SSSR count). The van der Waals surface area contributed by atoms with E-state index >= 15 is 0 Å². The summed E-state index contributed by atoms with van der Waals surface area (Å²) >= 11 is 0. The van der Waals surface area contributed by atoms with Crippen LogP contribution in [0.15, 0.2) is 24.3 Å². The van der Waals surface area contributed by atoms with Gasteiger partial charge in [-0.25, -0.2) is 4.79 Å². The average Bonchev–Trinajstić information content (AvgIpc) is 2.60. The van der Waals surface area contributed by atoms with Crippen molar-refractivity contribution < 1.29 is 14.3 Å². The number of para-hydroxylation sites is 1. The molecule has 1 aliphatic rings. The van der Waals surface area contributed by atoms with E-state index in [9.17, 15) is 9.59 Å². The summed E-state index contributed by atoms with van der Waals surface area (Å²) in [6.45, 7) is 6.82. The predicted molar refractivity (Wildman–Crippen MR) is 88.5 cm³/mol. The first-order valence-corrected chi connectivity index (χ1v) is 8.17. The molecule has 126 valence electrons. The molecule has 1 heterocycles. The number of piperazine rings is 1. The third kappa shape index (κ3) is 4.61. The number of aryl methyl sites for hydroxylation is 1. The van der Waals surface area contributed by atoms with E-state index in [1.165, 1.54) is 0 Å². The molecule has 1 aliphatic heterocycles. The summed E-state index contributed by atoms with van der Waals surface area (Å²) in [5.74, 6) is 0.732. The first kappa shape index (κ1) is 17.1. The molecule has 6 nitrogen and oxygen atoms in total. The lowest BCUT2D eigenvalue weighted by atomic mass is 10.1. The van der Waals surface area contributed by atoms with Crippen molar-refractivity contribution in [3.05, 3.63) is 29.8 Å². The van der Waals surface area contributed by atoms with Crippen LogP contribution in [0.2, 0.25) is 0 Å². The molecule has 0 unspecified atom stereocenters. The second-order valence-corrected chi connectivity index (χ2v) is 5.45. The van der Waals surface area contributed by atoms with Crippen LogP contribution in [0.1, 0.15) is 19.4 Å². The van der Waals surface area contributed by atoms with Gasteiger partial charge in [0.2, 0.25) is 0 Å². The first-order valence-electron chi connectivity index (χ1n) is 8.17. The van der Waals surface area contributed by atoms with Crippen LogP contribution in [0.25, 0.3) is 0 Å². The largest absolute Gasteiger partial charge is 0.483 e. The number of benzene rings is 1. The lowest BCUT2D eigenvalue weighted by molar-refractivity contribution is -0.134. The van der Waals surface area contributed by atoms with Crippen molar-refractivity contribution in [1.29, 1.82) is 0 Å². The Hall–Kier alpha value is -2.24.